The molecule has 0 spiro atoms. The highest BCUT2D eigenvalue weighted by molar-refractivity contribution is 6.33. The molecule has 132 valence electrons. The number of hydrogen-bond acceptors (Lipinski definition) is 5. The molecule has 0 aliphatic carbocycles. The van der Waals surface area contributed by atoms with Crippen LogP contribution in [0.1, 0.15) is 18.4 Å². The highest BCUT2D eigenvalue weighted by Crippen LogP contribution is 2.32. The number of anilines is 1. The minimum atomic E-state index is -4.58. The SMILES string of the molecule is O=C(COC(=O)C1CCOCC1)Nc1ncc(C(F)(F)F)cc1Cl. The Morgan fingerprint density at radius 2 is 2.04 bits per heavy atom. The average molecular weight is 367 g/mol. The van der Waals surface area contributed by atoms with Gasteiger partial charge in [-0.3, -0.25) is 9.59 Å². The molecule has 1 fully saturated rings. The second-order valence-corrected chi connectivity index (χ2v) is 5.50. The molecule has 0 atom stereocenters. The highest BCUT2D eigenvalue weighted by Gasteiger charge is 2.31. The van der Waals surface area contributed by atoms with Crippen LogP contribution >= 0.6 is 11.6 Å². The first-order chi connectivity index (χ1) is 11.3. The van der Waals surface area contributed by atoms with E-state index in [9.17, 15) is 22.8 Å². The normalized spacial score (nSPS) is 15.8. The largest absolute Gasteiger partial charge is 0.455 e. The van der Waals surface area contributed by atoms with Crippen molar-refractivity contribution in [3.63, 3.8) is 0 Å². The standard InChI is InChI=1S/C14H14ClF3N2O4/c15-10-5-9(14(16,17)18)6-19-12(10)20-11(21)7-24-13(22)8-1-3-23-4-2-8/h5-6,8H,1-4,7H2,(H,19,20,21). The molecule has 1 aliphatic heterocycles. The predicted molar refractivity (Wildman–Crippen MR) is 77.4 cm³/mol. The predicted octanol–water partition coefficient (Wildman–Crippen LogP) is 2.66. The molecule has 0 saturated carbocycles. The van der Waals surface area contributed by atoms with Crippen molar-refractivity contribution in [2.24, 2.45) is 5.92 Å². The van der Waals surface area contributed by atoms with Crippen LogP contribution in [0.3, 0.4) is 0 Å². The minimum Gasteiger partial charge on any atom is -0.455 e. The lowest BCUT2D eigenvalue weighted by atomic mass is 10.0. The smallest absolute Gasteiger partial charge is 0.417 e. The molecule has 1 aliphatic rings. The molecule has 0 bridgehead atoms. The molecule has 1 aromatic rings. The molecule has 0 radical (unpaired) electrons. The number of halogens is 4. The number of alkyl halides is 3. The van der Waals surface area contributed by atoms with E-state index in [-0.39, 0.29) is 16.8 Å². The molecule has 1 amide bonds. The molecule has 1 aromatic heterocycles. The summed E-state index contributed by atoms with van der Waals surface area (Å²) in [6.07, 6.45) is -2.99. The molecule has 24 heavy (non-hydrogen) atoms. The molecule has 1 saturated heterocycles. The summed E-state index contributed by atoms with van der Waals surface area (Å²) in [5.74, 6) is -1.82. The van der Waals surface area contributed by atoms with Crippen molar-refractivity contribution in [1.82, 2.24) is 4.98 Å². The van der Waals surface area contributed by atoms with Crippen molar-refractivity contribution in [3.8, 4) is 0 Å². The van der Waals surface area contributed by atoms with Gasteiger partial charge < -0.3 is 14.8 Å². The number of nitrogens with one attached hydrogen (secondary N) is 1. The maximum absolute atomic E-state index is 12.5. The van der Waals surface area contributed by atoms with E-state index in [1.54, 1.807) is 0 Å². The van der Waals surface area contributed by atoms with Crippen LogP contribution in [-0.4, -0.2) is 36.7 Å². The van der Waals surface area contributed by atoms with Crippen LogP contribution in [0.15, 0.2) is 12.3 Å². The first-order valence-corrected chi connectivity index (χ1v) is 7.42. The summed E-state index contributed by atoms with van der Waals surface area (Å²) in [5, 5.41) is 1.83. The van der Waals surface area contributed by atoms with Crippen LogP contribution in [0, 0.1) is 5.92 Å². The molecule has 2 heterocycles. The van der Waals surface area contributed by atoms with E-state index in [2.05, 4.69) is 10.3 Å². The number of carbonyl (C=O) groups is 2. The number of nitrogens with zero attached hydrogens (tertiary/aromatic N) is 1. The Morgan fingerprint density at radius 1 is 1.38 bits per heavy atom. The van der Waals surface area contributed by atoms with Gasteiger partial charge in [0.15, 0.2) is 12.4 Å². The molecular formula is C14H14ClF3N2O4. The number of amides is 1. The second kappa shape index (κ2) is 7.80. The lowest BCUT2D eigenvalue weighted by molar-refractivity contribution is -0.154. The summed E-state index contributed by atoms with van der Waals surface area (Å²) in [6.45, 7) is 0.337. The number of rotatable bonds is 4. The molecule has 10 heteroatoms. The number of carbonyl (C=O) groups excluding carboxylic acids is 2. The van der Waals surface area contributed by atoms with Gasteiger partial charge in [-0.15, -0.1) is 0 Å². The third-order valence-electron chi connectivity index (χ3n) is 3.33. The second-order valence-electron chi connectivity index (χ2n) is 5.09. The fraction of sp³-hybridized carbons (Fsp3) is 0.500. The molecular weight excluding hydrogens is 353 g/mol. The van der Waals surface area contributed by atoms with Gasteiger partial charge in [-0.05, 0) is 18.9 Å². The Morgan fingerprint density at radius 3 is 2.62 bits per heavy atom. The van der Waals surface area contributed by atoms with Crippen molar-refractivity contribution in [3.05, 3.63) is 22.8 Å². The summed E-state index contributed by atoms with van der Waals surface area (Å²) in [6, 6.07) is 0.651. The summed E-state index contributed by atoms with van der Waals surface area (Å²) in [4.78, 5) is 26.9. The van der Waals surface area contributed by atoms with Crippen LogP contribution in [0.4, 0.5) is 19.0 Å². The summed E-state index contributed by atoms with van der Waals surface area (Å²) in [5.41, 5.74) is -1.03. The molecule has 6 nitrogen and oxygen atoms in total. The van der Waals surface area contributed by atoms with Gasteiger partial charge in [0.05, 0.1) is 16.5 Å². The van der Waals surface area contributed by atoms with Crippen molar-refractivity contribution < 1.29 is 32.2 Å². The van der Waals surface area contributed by atoms with E-state index in [0.29, 0.717) is 38.3 Å². The summed E-state index contributed by atoms with van der Waals surface area (Å²) < 4.78 is 47.5. The monoisotopic (exact) mass is 366 g/mol. The average Bonchev–Trinajstić information content (AvgIpc) is 2.54. The van der Waals surface area contributed by atoms with E-state index in [4.69, 9.17) is 21.1 Å². The zero-order valence-corrected chi connectivity index (χ0v) is 13.1. The summed E-state index contributed by atoms with van der Waals surface area (Å²) in [7, 11) is 0. The van der Waals surface area contributed by atoms with Crippen LogP contribution in [-0.2, 0) is 25.2 Å². The van der Waals surface area contributed by atoms with Crippen LogP contribution < -0.4 is 5.32 Å². The van der Waals surface area contributed by atoms with Gasteiger partial charge in [0.1, 0.15) is 0 Å². The molecule has 0 unspecified atom stereocenters. The van der Waals surface area contributed by atoms with E-state index in [0.717, 1.165) is 0 Å². The lowest BCUT2D eigenvalue weighted by Crippen LogP contribution is -2.28. The van der Waals surface area contributed by atoms with Crippen molar-refractivity contribution in [2.45, 2.75) is 19.0 Å². The molecule has 2 rings (SSSR count). The number of hydrogen-bond donors (Lipinski definition) is 1. The zero-order valence-electron chi connectivity index (χ0n) is 12.4. The minimum absolute atomic E-state index is 0.239. The van der Waals surface area contributed by atoms with Gasteiger partial charge >= 0.3 is 12.1 Å². The highest BCUT2D eigenvalue weighted by atomic mass is 35.5. The van der Waals surface area contributed by atoms with Crippen molar-refractivity contribution in [1.29, 1.82) is 0 Å². The Balaban J connectivity index is 1.87. The number of esters is 1. The Hall–Kier alpha value is -1.87. The van der Waals surface area contributed by atoms with Gasteiger partial charge in [0, 0.05) is 19.4 Å². The first-order valence-electron chi connectivity index (χ1n) is 7.04. The number of aromatic nitrogens is 1. The maximum Gasteiger partial charge on any atom is 0.417 e. The number of ether oxygens (including phenoxy) is 2. The van der Waals surface area contributed by atoms with E-state index in [1.165, 1.54) is 0 Å². The Labute approximate surface area is 140 Å². The van der Waals surface area contributed by atoms with Gasteiger partial charge in [-0.2, -0.15) is 13.2 Å². The Kier molecular flexibility index (Phi) is 6.00. The van der Waals surface area contributed by atoms with Crippen LogP contribution in [0.2, 0.25) is 5.02 Å². The topological polar surface area (TPSA) is 77.5 Å². The quantitative estimate of drug-likeness (QED) is 0.829. The van der Waals surface area contributed by atoms with Gasteiger partial charge in [0.2, 0.25) is 0 Å². The third-order valence-corrected chi connectivity index (χ3v) is 3.61. The zero-order chi connectivity index (χ0) is 17.7. The molecule has 1 N–H and O–H groups in total. The van der Waals surface area contributed by atoms with Gasteiger partial charge in [-0.1, -0.05) is 11.6 Å². The van der Waals surface area contributed by atoms with Gasteiger partial charge in [0.25, 0.3) is 5.91 Å². The third kappa shape index (κ3) is 5.07. The maximum atomic E-state index is 12.5. The fourth-order valence-corrected chi connectivity index (χ4v) is 2.25. The fourth-order valence-electron chi connectivity index (χ4n) is 2.04. The van der Waals surface area contributed by atoms with Crippen LogP contribution in [0.5, 0.6) is 0 Å². The summed E-state index contributed by atoms with van der Waals surface area (Å²) >= 11 is 5.67. The van der Waals surface area contributed by atoms with Crippen LogP contribution in [0.25, 0.3) is 0 Å². The van der Waals surface area contributed by atoms with E-state index in [1.807, 2.05) is 0 Å². The lowest BCUT2D eigenvalue weighted by Gasteiger charge is -2.20. The molecule has 0 aromatic carbocycles. The van der Waals surface area contributed by atoms with Gasteiger partial charge in [-0.25, -0.2) is 4.98 Å². The first kappa shape index (κ1) is 18.5. The van der Waals surface area contributed by atoms with Crippen molar-refractivity contribution >= 4 is 29.3 Å². The van der Waals surface area contributed by atoms with E-state index < -0.39 is 30.2 Å². The Bertz CT molecular complexity index is 619. The number of pyridine rings is 1. The van der Waals surface area contributed by atoms with Crippen molar-refractivity contribution in [2.75, 3.05) is 25.1 Å². The van der Waals surface area contributed by atoms with E-state index >= 15 is 0 Å².